The van der Waals surface area contributed by atoms with Crippen molar-refractivity contribution in [2.45, 2.75) is 6.42 Å². The predicted octanol–water partition coefficient (Wildman–Crippen LogP) is 1.34. The van der Waals surface area contributed by atoms with Crippen molar-refractivity contribution in [2.24, 2.45) is 9.98 Å². The van der Waals surface area contributed by atoms with Crippen LogP contribution < -0.4 is 0 Å². The van der Waals surface area contributed by atoms with Crippen LogP contribution in [0.2, 0.25) is 0 Å². The van der Waals surface area contributed by atoms with Crippen molar-refractivity contribution in [3.8, 4) is 0 Å². The second kappa shape index (κ2) is 3.77. The van der Waals surface area contributed by atoms with Gasteiger partial charge in [0.15, 0.2) is 0 Å². The molecular weight excluding hydrogens is 176 g/mol. The van der Waals surface area contributed by atoms with Crippen LogP contribution in [-0.4, -0.2) is 22.7 Å². The molecule has 0 N–H and O–H groups in total. The van der Waals surface area contributed by atoms with E-state index in [4.69, 9.17) is 5.53 Å². The molecule has 4 heteroatoms. The third kappa shape index (κ3) is 1.81. The van der Waals surface area contributed by atoms with Gasteiger partial charge in [-0.1, -0.05) is 30.3 Å². The lowest BCUT2D eigenvalue weighted by molar-refractivity contribution is -0.00239. The summed E-state index contributed by atoms with van der Waals surface area (Å²) in [6, 6.07) is 9.91. The molecule has 0 bridgehead atoms. The van der Waals surface area contributed by atoms with Gasteiger partial charge in [-0.2, -0.15) is 0 Å². The van der Waals surface area contributed by atoms with Gasteiger partial charge in [0.2, 0.25) is 5.84 Å². The summed E-state index contributed by atoms with van der Waals surface area (Å²) in [7, 11) is 0. The zero-order chi connectivity index (χ0) is 9.80. The van der Waals surface area contributed by atoms with Crippen LogP contribution in [-0.2, 0) is 6.42 Å². The zero-order valence-corrected chi connectivity index (χ0v) is 7.46. The van der Waals surface area contributed by atoms with E-state index in [1.807, 2.05) is 30.3 Å². The molecule has 1 heterocycles. The van der Waals surface area contributed by atoms with Crippen LogP contribution in [0.15, 0.2) is 40.3 Å². The molecule has 1 aromatic rings. The molecule has 0 spiro atoms. The summed E-state index contributed by atoms with van der Waals surface area (Å²) in [6.45, 7) is 0. The Bertz CT molecular complexity index is 438. The molecule has 0 atom stereocenters. The van der Waals surface area contributed by atoms with Gasteiger partial charge in [0.05, 0.1) is 6.42 Å². The monoisotopic (exact) mass is 184 g/mol. The second-order valence-corrected chi connectivity index (χ2v) is 2.91. The first-order chi connectivity index (χ1) is 6.88. The zero-order valence-electron chi connectivity index (χ0n) is 7.46. The molecule has 0 saturated heterocycles. The standard InChI is InChI=1S/C10H8N4/c11-14-10-7-12-9(13-10)6-8-4-2-1-3-5-8/h1-5,7H,6H2. The smallest absolute Gasteiger partial charge is 0.421 e. The largest absolute Gasteiger partial charge is 0.497 e. The molecule has 1 aliphatic heterocycles. The van der Waals surface area contributed by atoms with Gasteiger partial charge in [-0.3, -0.25) is 0 Å². The van der Waals surface area contributed by atoms with Gasteiger partial charge in [0.1, 0.15) is 6.21 Å². The number of hydrogen-bond donors (Lipinski definition) is 0. The molecule has 1 aromatic carbocycles. The topological polar surface area (TPSA) is 61.1 Å². The minimum absolute atomic E-state index is 0.260. The highest BCUT2D eigenvalue weighted by Crippen LogP contribution is 2.03. The van der Waals surface area contributed by atoms with Crippen LogP contribution in [0, 0.1) is 0 Å². The van der Waals surface area contributed by atoms with E-state index in [9.17, 15) is 0 Å². The molecule has 2 rings (SSSR count). The fourth-order valence-electron chi connectivity index (χ4n) is 1.23. The lowest BCUT2D eigenvalue weighted by Crippen LogP contribution is -1.97. The molecule has 0 fully saturated rings. The highest BCUT2D eigenvalue weighted by molar-refractivity contribution is 6.35. The maximum atomic E-state index is 8.44. The van der Waals surface area contributed by atoms with Gasteiger partial charge in [-0.25, -0.2) is 4.99 Å². The van der Waals surface area contributed by atoms with Crippen molar-refractivity contribution in [1.82, 2.24) is 0 Å². The van der Waals surface area contributed by atoms with E-state index in [-0.39, 0.29) is 5.84 Å². The summed E-state index contributed by atoms with van der Waals surface area (Å²) in [5, 5.41) is 0. The fourth-order valence-corrected chi connectivity index (χ4v) is 1.23. The average Bonchev–Trinajstić information content (AvgIpc) is 2.67. The van der Waals surface area contributed by atoms with Crippen molar-refractivity contribution in [3.63, 3.8) is 0 Å². The summed E-state index contributed by atoms with van der Waals surface area (Å²) in [5.41, 5.74) is 9.58. The van der Waals surface area contributed by atoms with Crippen molar-refractivity contribution in [1.29, 1.82) is 0 Å². The maximum Gasteiger partial charge on any atom is 0.421 e. The Labute approximate surface area is 81.3 Å². The Morgan fingerprint density at radius 3 is 2.64 bits per heavy atom. The van der Waals surface area contributed by atoms with Crippen LogP contribution in [0.5, 0.6) is 0 Å². The Kier molecular flexibility index (Phi) is 2.30. The number of hydrogen-bond acceptors (Lipinski definition) is 1. The third-order valence-electron chi connectivity index (χ3n) is 1.88. The van der Waals surface area contributed by atoms with Gasteiger partial charge in [0.25, 0.3) is 0 Å². The molecule has 0 aromatic heterocycles. The molecule has 1 aliphatic rings. The normalized spacial score (nSPS) is 14.0. The number of benzene rings is 1. The maximum absolute atomic E-state index is 8.44. The highest BCUT2D eigenvalue weighted by Gasteiger charge is 2.16. The Morgan fingerprint density at radius 1 is 1.21 bits per heavy atom. The van der Waals surface area contributed by atoms with Crippen molar-refractivity contribution in [3.05, 3.63) is 41.4 Å². The van der Waals surface area contributed by atoms with Gasteiger partial charge in [-0.05, 0) is 10.6 Å². The first-order valence-electron chi connectivity index (χ1n) is 4.26. The number of aliphatic imine (C=N–C) groups is 2. The van der Waals surface area contributed by atoms with Crippen LogP contribution in [0.4, 0.5) is 0 Å². The predicted molar refractivity (Wildman–Crippen MR) is 54.7 cm³/mol. The van der Waals surface area contributed by atoms with Crippen molar-refractivity contribution >= 4 is 17.9 Å². The number of amidine groups is 2. The molecule has 0 amide bonds. The van der Waals surface area contributed by atoms with E-state index < -0.39 is 0 Å². The first kappa shape index (κ1) is 8.53. The molecule has 0 radical (unpaired) electrons. The van der Waals surface area contributed by atoms with E-state index in [0.29, 0.717) is 12.3 Å². The number of rotatable bonds is 2. The van der Waals surface area contributed by atoms with Crippen LogP contribution in [0.25, 0.3) is 5.53 Å². The van der Waals surface area contributed by atoms with Crippen LogP contribution in [0.1, 0.15) is 5.56 Å². The molecule has 14 heavy (non-hydrogen) atoms. The van der Waals surface area contributed by atoms with E-state index in [2.05, 4.69) is 14.8 Å². The third-order valence-corrected chi connectivity index (χ3v) is 1.88. The summed E-state index contributed by atoms with van der Waals surface area (Å²) >= 11 is 0. The quantitative estimate of drug-likeness (QED) is 0.492. The lowest BCUT2D eigenvalue weighted by atomic mass is 10.1. The first-order valence-corrected chi connectivity index (χ1v) is 4.26. The summed E-state index contributed by atoms with van der Waals surface area (Å²) in [6.07, 6.45) is 2.11. The Morgan fingerprint density at radius 2 is 2.00 bits per heavy atom. The van der Waals surface area contributed by atoms with Gasteiger partial charge in [-0.15, -0.1) is 0 Å². The average molecular weight is 184 g/mol. The van der Waals surface area contributed by atoms with Gasteiger partial charge in [0, 0.05) is 0 Å². The van der Waals surface area contributed by atoms with E-state index in [0.717, 1.165) is 5.56 Å². The minimum atomic E-state index is 0.260. The fraction of sp³-hybridized carbons (Fsp3) is 0.100. The van der Waals surface area contributed by atoms with E-state index >= 15 is 0 Å². The van der Waals surface area contributed by atoms with E-state index in [1.54, 1.807) is 0 Å². The highest BCUT2D eigenvalue weighted by atomic mass is 15.1. The lowest BCUT2D eigenvalue weighted by Gasteiger charge is -1.93. The van der Waals surface area contributed by atoms with Crippen molar-refractivity contribution in [2.75, 3.05) is 0 Å². The molecule has 0 unspecified atom stereocenters. The second-order valence-electron chi connectivity index (χ2n) is 2.91. The summed E-state index contributed by atoms with van der Waals surface area (Å²) in [5.74, 6) is 0.930. The van der Waals surface area contributed by atoms with Crippen LogP contribution >= 0.6 is 0 Å². The Hall–Kier alpha value is -2.06. The van der Waals surface area contributed by atoms with Gasteiger partial charge >= 0.3 is 5.84 Å². The van der Waals surface area contributed by atoms with Crippen LogP contribution in [0.3, 0.4) is 0 Å². The van der Waals surface area contributed by atoms with Gasteiger partial charge < -0.3 is 10.3 Å². The molecule has 4 nitrogen and oxygen atoms in total. The van der Waals surface area contributed by atoms with E-state index in [1.165, 1.54) is 6.21 Å². The molecule has 68 valence electrons. The Balaban J connectivity index is 2.15. The number of nitrogens with zero attached hydrogens (tertiary/aromatic N) is 4. The SMILES string of the molecule is [N-]=[N+]=C1C=NC(Cc2ccccc2)=N1. The molecular formula is C10H8N4. The summed E-state index contributed by atoms with van der Waals surface area (Å²) < 4.78 is 0. The van der Waals surface area contributed by atoms with Crippen molar-refractivity contribution < 1.29 is 4.79 Å². The summed E-state index contributed by atoms with van der Waals surface area (Å²) in [4.78, 5) is 11.0. The minimum Gasteiger partial charge on any atom is -0.497 e. The molecule has 0 saturated carbocycles. The molecule has 0 aliphatic carbocycles.